The minimum absolute atomic E-state index is 0.0105. The highest BCUT2D eigenvalue weighted by Crippen LogP contribution is 2.23. The number of para-hydroxylation sites is 1. The van der Waals surface area contributed by atoms with Crippen molar-refractivity contribution >= 4 is 37.4 Å². The molecule has 1 amide bonds. The Morgan fingerprint density at radius 1 is 1.15 bits per heavy atom. The number of sulfonamides is 1. The smallest absolute Gasteiger partial charge is 0.338 e. The fourth-order valence-corrected chi connectivity index (χ4v) is 5.70. The van der Waals surface area contributed by atoms with E-state index >= 15 is 0 Å². The van der Waals surface area contributed by atoms with Gasteiger partial charge >= 0.3 is 5.97 Å². The third-order valence-corrected chi connectivity index (χ3v) is 7.87. The third-order valence-electron chi connectivity index (χ3n) is 4.95. The molecule has 0 fully saturated rings. The second kappa shape index (κ2) is 9.86. The first kappa shape index (κ1) is 24.6. The number of amides is 1. The van der Waals surface area contributed by atoms with Gasteiger partial charge in [-0.3, -0.25) is 4.79 Å². The van der Waals surface area contributed by atoms with E-state index in [0.717, 1.165) is 5.41 Å². The molecule has 0 spiro atoms. The molecule has 2 aromatic rings. The Balaban J connectivity index is 1.80. The minimum atomic E-state index is -3.78. The van der Waals surface area contributed by atoms with Crippen molar-refractivity contribution in [3.8, 4) is 0 Å². The number of hydrogen-bond acceptors (Lipinski definition) is 7. The third kappa shape index (κ3) is 5.86. The molecule has 0 radical (unpaired) electrons. The van der Waals surface area contributed by atoms with Crippen molar-refractivity contribution in [3.63, 3.8) is 0 Å². The molecule has 1 atom stereocenters. The molecule has 0 bridgehead atoms. The average Bonchev–Trinajstić information content (AvgIpc) is 3.12. The van der Waals surface area contributed by atoms with Gasteiger partial charge in [0.2, 0.25) is 10.0 Å². The largest absolute Gasteiger partial charge is 0.452 e. The van der Waals surface area contributed by atoms with Crippen molar-refractivity contribution in [3.05, 3.63) is 71.1 Å². The lowest BCUT2D eigenvalue weighted by Crippen LogP contribution is -2.43. The van der Waals surface area contributed by atoms with Crippen LogP contribution in [0, 0.1) is 6.92 Å². The number of rotatable bonds is 8. The minimum Gasteiger partial charge on any atom is -0.452 e. The molecular weight excluding hydrogens is 468 g/mol. The number of nitrogens with one attached hydrogen (secondary N) is 1. The summed E-state index contributed by atoms with van der Waals surface area (Å²) < 4.78 is 55.8. The zero-order chi connectivity index (χ0) is 24.2. The number of aryl methyl sites for hydroxylation is 1. The van der Waals surface area contributed by atoms with E-state index in [9.17, 15) is 26.4 Å². The summed E-state index contributed by atoms with van der Waals surface area (Å²) in [6, 6.07) is 11.8. The van der Waals surface area contributed by atoms with Gasteiger partial charge in [-0.2, -0.15) is 0 Å². The van der Waals surface area contributed by atoms with Gasteiger partial charge in [0, 0.05) is 17.6 Å². The molecule has 0 saturated carbocycles. The number of hydrogen-bond donors (Lipinski definition) is 1. The van der Waals surface area contributed by atoms with Gasteiger partial charge in [-0.15, -0.1) is 0 Å². The molecule has 1 heterocycles. The number of anilines is 1. The molecule has 176 valence electrons. The second-order valence-electron chi connectivity index (χ2n) is 7.38. The van der Waals surface area contributed by atoms with Gasteiger partial charge in [0.15, 0.2) is 16.4 Å². The molecule has 1 N–H and O–H groups in total. The quantitative estimate of drug-likeness (QED) is 0.557. The lowest BCUT2D eigenvalue weighted by atomic mass is 10.1. The molecule has 33 heavy (non-hydrogen) atoms. The SMILES string of the molecule is CCNS(=O)(=O)c1ccc(C)c(C(=O)OCC(=O)N(c2ccccc2)C2C=CS(=O)(=O)C2)c1. The summed E-state index contributed by atoms with van der Waals surface area (Å²) in [4.78, 5) is 26.8. The first-order valence-corrected chi connectivity index (χ1v) is 13.3. The number of carbonyl (C=O) groups is 2. The highest BCUT2D eigenvalue weighted by Gasteiger charge is 2.32. The first-order valence-electron chi connectivity index (χ1n) is 10.1. The Morgan fingerprint density at radius 3 is 2.45 bits per heavy atom. The van der Waals surface area contributed by atoms with Crippen LogP contribution < -0.4 is 9.62 Å². The predicted octanol–water partition coefficient (Wildman–Crippen LogP) is 1.79. The van der Waals surface area contributed by atoms with Gasteiger partial charge in [0.05, 0.1) is 22.3 Å². The number of sulfone groups is 1. The average molecular weight is 493 g/mol. The molecule has 11 heteroatoms. The zero-order valence-corrected chi connectivity index (χ0v) is 19.7. The van der Waals surface area contributed by atoms with Crippen LogP contribution in [0.25, 0.3) is 0 Å². The first-order chi connectivity index (χ1) is 15.5. The Hall–Kier alpha value is -3.02. The van der Waals surface area contributed by atoms with E-state index in [1.54, 1.807) is 44.2 Å². The van der Waals surface area contributed by atoms with Crippen LogP contribution in [0.5, 0.6) is 0 Å². The Morgan fingerprint density at radius 2 is 1.85 bits per heavy atom. The fourth-order valence-electron chi connectivity index (χ4n) is 3.37. The highest BCUT2D eigenvalue weighted by molar-refractivity contribution is 7.94. The number of nitrogens with zero attached hydrogens (tertiary/aromatic N) is 1. The van der Waals surface area contributed by atoms with Crippen molar-refractivity contribution in [1.29, 1.82) is 0 Å². The van der Waals surface area contributed by atoms with Crippen molar-refractivity contribution in [2.24, 2.45) is 0 Å². The standard InChI is InChI=1S/C22H24N2O7S2/c1-3-23-33(29,30)19-10-9-16(2)20(13-19)22(26)31-14-21(25)24(17-7-5-4-6-8-17)18-11-12-32(27,28)15-18/h4-13,18,23H,3,14-15H2,1-2H3. The lowest BCUT2D eigenvalue weighted by Gasteiger charge is -2.27. The van der Waals surface area contributed by atoms with Crippen LogP contribution in [0.4, 0.5) is 5.69 Å². The second-order valence-corrected chi connectivity index (χ2v) is 11.1. The van der Waals surface area contributed by atoms with Crippen LogP contribution in [-0.2, 0) is 29.4 Å². The van der Waals surface area contributed by atoms with E-state index in [-0.39, 0.29) is 22.8 Å². The topological polar surface area (TPSA) is 127 Å². The summed E-state index contributed by atoms with van der Waals surface area (Å²) in [6.07, 6.45) is 1.42. The summed E-state index contributed by atoms with van der Waals surface area (Å²) in [5.74, 6) is -1.75. The van der Waals surface area contributed by atoms with E-state index in [2.05, 4.69) is 4.72 Å². The van der Waals surface area contributed by atoms with Crippen LogP contribution in [-0.4, -0.2) is 53.7 Å². The summed E-state index contributed by atoms with van der Waals surface area (Å²) in [6.45, 7) is 2.79. The number of esters is 1. The van der Waals surface area contributed by atoms with Crippen molar-refractivity contribution in [1.82, 2.24) is 4.72 Å². The van der Waals surface area contributed by atoms with Crippen LogP contribution >= 0.6 is 0 Å². The maximum Gasteiger partial charge on any atom is 0.338 e. The van der Waals surface area contributed by atoms with E-state index in [1.807, 2.05) is 0 Å². The summed E-state index contributed by atoms with van der Waals surface area (Å²) in [7, 11) is -7.21. The van der Waals surface area contributed by atoms with Gasteiger partial charge in [-0.1, -0.05) is 31.2 Å². The van der Waals surface area contributed by atoms with Gasteiger partial charge in [-0.25, -0.2) is 26.4 Å². The normalized spacial score (nSPS) is 17.0. The van der Waals surface area contributed by atoms with E-state index in [0.29, 0.717) is 11.3 Å². The lowest BCUT2D eigenvalue weighted by molar-refractivity contribution is -0.121. The number of benzene rings is 2. The molecule has 1 unspecified atom stereocenters. The number of ether oxygens (including phenoxy) is 1. The molecule has 0 saturated heterocycles. The Labute approximate surface area is 193 Å². The Kier molecular flexibility index (Phi) is 7.35. The molecule has 3 rings (SSSR count). The van der Waals surface area contributed by atoms with Gasteiger partial charge in [0.25, 0.3) is 5.91 Å². The summed E-state index contributed by atoms with van der Waals surface area (Å²) in [5, 5.41) is 1.06. The van der Waals surface area contributed by atoms with Crippen molar-refractivity contribution in [2.45, 2.75) is 24.8 Å². The number of carbonyl (C=O) groups excluding carboxylic acids is 2. The van der Waals surface area contributed by atoms with Gasteiger partial charge < -0.3 is 9.64 Å². The monoisotopic (exact) mass is 492 g/mol. The zero-order valence-electron chi connectivity index (χ0n) is 18.1. The molecule has 2 aromatic carbocycles. The van der Waals surface area contributed by atoms with Crippen LogP contribution in [0.1, 0.15) is 22.8 Å². The van der Waals surface area contributed by atoms with Crippen LogP contribution in [0.3, 0.4) is 0 Å². The van der Waals surface area contributed by atoms with E-state index in [4.69, 9.17) is 4.74 Å². The van der Waals surface area contributed by atoms with Gasteiger partial charge in [-0.05, 0) is 42.8 Å². The van der Waals surface area contributed by atoms with Crippen LogP contribution in [0.15, 0.2) is 64.9 Å². The van der Waals surface area contributed by atoms with E-state index < -0.39 is 44.4 Å². The highest BCUT2D eigenvalue weighted by atomic mass is 32.2. The summed E-state index contributed by atoms with van der Waals surface area (Å²) >= 11 is 0. The molecule has 0 aliphatic carbocycles. The van der Waals surface area contributed by atoms with Crippen molar-refractivity contribution in [2.75, 3.05) is 23.8 Å². The molecule has 1 aliphatic rings. The molecule has 9 nitrogen and oxygen atoms in total. The maximum absolute atomic E-state index is 13.0. The molecule has 0 aromatic heterocycles. The summed E-state index contributed by atoms with van der Waals surface area (Å²) in [5.41, 5.74) is 0.948. The molecule has 1 aliphatic heterocycles. The predicted molar refractivity (Wildman–Crippen MR) is 123 cm³/mol. The fraction of sp³-hybridized carbons (Fsp3) is 0.273. The van der Waals surface area contributed by atoms with Gasteiger partial charge in [0.1, 0.15) is 0 Å². The molecular formula is C22H24N2O7S2. The maximum atomic E-state index is 13.0. The van der Waals surface area contributed by atoms with E-state index in [1.165, 1.54) is 29.2 Å². The van der Waals surface area contributed by atoms with Crippen molar-refractivity contribution < 1.29 is 31.2 Å². The van der Waals surface area contributed by atoms with Crippen LogP contribution in [0.2, 0.25) is 0 Å². The Bertz CT molecular complexity index is 1290.